The summed E-state index contributed by atoms with van der Waals surface area (Å²) in [5, 5.41) is 46.2. The van der Waals surface area contributed by atoms with E-state index >= 15 is 0 Å². The number of phenolic OH excluding ortho intramolecular Hbond substituents is 1. The normalized spacial score (nSPS) is 28.3. The number of aliphatic hydroxyl groups is 3. The van der Waals surface area contributed by atoms with Gasteiger partial charge in [-0.1, -0.05) is 23.8 Å². The van der Waals surface area contributed by atoms with Crippen molar-refractivity contribution in [1.82, 2.24) is 4.90 Å². The number of fused-ring (bicyclic) bond motifs is 4. The first-order chi connectivity index (χ1) is 16.4. The van der Waals surface area contributed by atoms with Crippen LogP contribution < -0.4 is 0 Å². The van der Waals surface area contributed by atoms with Crippen LogP contribution in [0.25, 0.3) is 16.5 Å². The Morgan fingerprint density at radius 2 is 1.80 bits per heavy atom. The molecule has 0 bridgehead atoms. The molecule has 0 spiro atoms. The maximum Gasteiger partial charge on any atom is 0.202 e. The molecule has 3 aliphatic rings. The van der Waals surface area contributed by atoms with Crippen molar-refractivity contribution in [2.45, 2.75) is 38.3 Å². The first kappa shape index (κ1) is 23.3. The van der Waals surface area contributed by atoms with Crippen molar-refractivity contribution in [3.63, 3.8) is 0 Å². The van der Waals surface area contributed by atoms with Gasteiger partial charge in [0.15, 0.2) is 17.2 Å². The zero-order valence-electron chi connectivity index (χ0n) is 19.9. The molecule has 35 heavy (non-hydrogen) atoms. The van der Waals surface area contributed by atoms with E-state index in [1.165, 1.54) is 4.90 Å². The van der Waals surface area contributed by atoms with Crippen molar-refractivity contribution < 1.29 is 34.8 Å². The lowest BCUT2D eigenvalue weighted by atomic mass is 9.57. The molecule has 0 aliphatic heterocycles. The van der Waals surface area contributed by atoms with Gasteiger partial charge in [0.05, 0.1) is 11.6 Å². The molecule has 2 aromatic carbocycles. The molecule has 182 valence electrons. The Hall–Kier alpha value is -3.49. The third-order valence-electron chi connectivity index (χ3n) is 7.79. The van der Waals surface area contributed by atoms with Gasteiger partial charge in [0.1, 0.15) is 22.8 Å². The highest BCUT2D eigenvalue weighted by atomic mass is 16.3. The molecule has 8 nitrogen and oxygen atoms in total. The van der Waals surface area contributed by atoms with Crippen LogP contribution in [0.3, 0.4) is 0 Å². The molecule has 2 aromatic rings. The molecular weight excluding hydrogens is 450 g/mol. The summed E-state index contributed by atoms with van der Waals surface area (Å²) in [6.45, 7) is 2.97. The molecule has 0 heterocycles. The minimum absolute atomic E-state index is 0.109. The fourth-order valence-corrected chi connectivity index (χ4v) is 6.23. The van der Waals surface area contributed by atoms with Crippen LogP contribution in [0.5, 0.6) is 5.75 Å². The minimum Gasteiger partial charge on any atom is -0.508 e. The zero-order chi connectivity index (χ0) is 25.6. The fraction of sp³-hybridized carbons (Fsp3) is 0.370. The van der Waals surface area contributed by atoms with Gasteiger partial charge < -0.3 is 20.4 Å². The summed E-state index contributed by atoms with van der Waals surface area (Å²) in [7, 11) is 3.22. The summed E-state index contributed by atoms with van der Waals surface area (Å²) in [6, 6.07) is 6.42. The lowest BCUT2D eigenvalue weighted by Gasteiger charge is -2.50. The van der Waals surface area contributed by atoms with Crippen molar-refractivity contribution in [1.29, 1.82) is 0 Å². The van der Waals surface area contributed by atoms with Crippen molar-refractivity contribution >= 4 is 33.9 Å². The van der Waals surface area contributed by atoms with Crippen LogP contribution in [0.4, 0.5) is 0 Å². The van der Waals surface area contributed by atoms with Crippen molar-refractivity contribution in [2.75, 3.05) is 14.1 Å². The van der Waals surface area contributed by atoms with Gasteiger partial charge in [0.2, 0.25) is 5.78 Å². The summed E-state index contributed by atoms with van der Waals surface area (Å²) in [6.07, 6.45) is 0.403. The Morgan fingerprint density at radius 3 is 2.43 bits per heavy atom. The Balaban J connectivity index is 1.76. The highest BCUT2D eigenvalue weighted by Crippen LogP contribution is 2.53. The van der Waals surface area contributed by atoms with E-state index in [1.807, 2.05) is 25.1 Å². The van der Waals surface area contributed by atoms with Gasteiger partial charge in [-0.25, -0.2) is 0 Å². The summed E-state index contributed by atoms with van der Waals surface area (Å²) in [4.78, 5) is 40.8. The van der Waals surface area contributed by atoms with E-state index in [9.17, 15) is 34.8 Å². The maximum absolute atomic E-state index is 13.8. The largest absolute Gasteiger partial charge is 0.508 e. The van der Waals surface area contributed by atoms with Crippen LogP contribution in [0.15, 0.2) is 41.2 Å². The number of carbonyl (C=O) groups excluding carboxylic acids is 3. The average molecular weight is 478 g/mol. The first-order valence-electron chi connectivity index (χ1n) is 11.5. The number of aryl methyl sites for hydroxylation is 1. The number of likely N-dealkylation sites (N-methyl/N-ethyl adjacent to an activating group) is 1. The molecule has 5 rings (SSSR count). The van der Waals surface area contributed by atoms with Gasteiger partial charge in [0, 0.05) is 16.9 Å². The van der Waals surface area contributed by atoms with E-state index < -0.39 is 57.9 Å². The van der Waals surface area contributed by atoms with Crippen molar-refractivity contribution in [3.8, 4) is 5.75 Å². The Labute approximate surface area is 201 Å². The summed E-state index contributed by atoms with van der Waals surface area (Å²) >= 11 is 0. The topological polar surface area (TPSA) is 135 Å². The summed E-state index contributed by atoms with van der Waals surface area (Å²) in [5.74, 6) is -5.52. The van der Waals surface area contributed by atoms with E-state index in [-0.39, 0.29) is 23.3 Å². The van der Waals surface area contributed by atoms with Gasteiger partial charge in [-0.3, -0.25) is 19.3 Å². The number of aliphatic hydroxyl groups excluding tert-OH is 2. The second-order valence-electron chi connectivity index (χ2n) is 10.1. The number of rotatable bonds is 2. The number of benzene rings is 2. The molecule has 0 radical (unpaired) electrons. The molecule has 3 aliphatic carbocycles. The predicted octanol–water partition coefficient (Wildman–Crippen LogP) is 2.53. The van der Waals surface area contributed by atoms with Crippen LogP contribution in [-0.4, -0.2) is 68.4 Å². The van der Waals surface area contributed by atoms with Crippen LogP contribution in [0.2, 0.25) is 0 Å². The van der Waals surface area contributed by atoms with E-state index in [0.717, 1.165) is 17.9 Å². The monoisotopic (exact) mass is 477 g/mol. The van der Waals surface area contributed by atoms with Crippen molar-refractivity contribution in [2.24, 2.45) is 11.8 Å². The quantitative estimate of drug-likeness (QED) is 0.485. The number of Topliss-reactive ketones (excluding diaryl/α,β-unsaturated/α-hetero) is 3. The first-order valence-corrected chi connectivity index (χ1v) is 11.5. The Kier molecular flexibility index (Phi) is 4.99. The Morgan fingerprint density at radius 1 is 1.11 bits per heavy atom. The minimum atomic E-state index is -2.55. The van der Waals surface area contributed by atoms with Gasteiger partial charge in [-0.05, 0) is 63.7 Å². The van der Waals surface area contributed by atoms with Crippen LogP contribution >= 0.6 is 0 Å². The molecule has 1 saturated carbocycles. The third kappa shape index (κ3) is 2.96. The number of carbonyl (C=O) groups is 3. The molecule has 4 atom stereocenters. The molecule has 8 heteroatoms. The molecule has 0 saturated heterocycles. The number of aromatic hydroxyl groups is 1. The Bertz CT molecular complexity index is 1420. The standard InChI is InChI=1S/C27H27NO7/c1-11-5-6-13-8-14-9-15-10-17-21(28(3)4)24(32)18(12(2)29)25(33)27(17,35)26(34)20(15)23(31)19(14)22(30)16(13)7-11/h5-8,15,17,21,30-31,33,35H,9-10H2,1-4H3/t15-,17-,21-,27+/m0/s1. The van der Waals surface area contributed by atoms with Gasteiger partial charge >= 0.3 is 0 Å². The van der Waals surface area contributed by atoms with E-state index in [2.05, 4.69) is 0 Å². The van der Waals surface area contributed by atoms with E-state index in [1.54, 1.807) is 20.2 Å². The maximum atomic E-state index is 13.8. The molecule has 0 amide bonds. The zero-order valence-corrected chi connectivity index (χ0v) is 19.9. The molecule has 1 fully saturated rings. The molecule has 4 N–H and O–H groups in total. The van der Waals surface area contributed by atoms with Crippen LogP contribution in [-0.2, 0) is 20.8 Å². The number of hydrogen-bond donors (Lipinski definition) is 4. The second kappa shape index (κ2) is 7.50. The summed E-state index contributed by atoms with van der Waals surface area (Å²) < 4.78 is 0. The fourth-order valence-electron chi connectivity index (χ4n) is 6.23. The van der Waals surface area contributed by atoms with Gasteiger partial charge in [0.25, 0.3) is 0 Å². The smallest absolute Gasteiger partial charge is 0.202 e. The highest BCUT2D eigenvalue weighted by molar-refractivity contribution is 6.25. The molecule has 0 aromatic heterocycles. The number of ketones is 3. The molecular formula is C27H27NO7. The van der Waals surface area contributed by atoms with E-state index in [0.29, 0.717) is 17.4 Å². The lowest BCUT2D eigenvalue weighted by molar-refractivity contribution is -0.153. The lowest BCUT2D eigenvalue weighted by Crippen LogP contribution is -2.65. The highest BCUT2D eigenvalue weighted by Gasteiger charge is 2.63. The average Bonchev–Trinajstić information content (AvgIpc) is 2.76. The summed E-state index contributed by atoms with van der Waals surface area (Å²) in [5.41, 5.74) is -1.58. The van der Waals surface area contributed by atoms with Gasteiger partial charge in [-0.15, -0.1) is 0 Å². The van der Waals surface area contributed by atoms with Crippen molar-refractivity contribution in [3.05, 3.63) is 57.9 Å². The number of nitrogens with zero attached hydrogens (tertiary/aromatic N) is 1. The third-order valence-corrected chi connectivity index (χ3v) is 7.79. The van der Waals surface area contributed by atoms with Crippen LogP contribution in [0.1, 0.15) is 30.0 Å². The van der Waals surface area contributed by atoms with E-state index in [4.69, 9.17) is 0 Å². The van der Waals surface area contributed by atoms with Gasteiger partial charge in [-0.2, -0.15) is 0 Å². The number of phenols is 1. The van der Waals surface area contributed by atoms with Crippen LogP contribution in [0, 0.1) is 18.8 Å². The second-order valence-corrected chi connectivity index (χ2v) is 10.1. The predicted molar refractivity (Wildman–Crippen MR) is 128 cm³/mol. The SMILES string of the molecule is CC(=O)C1=C(O)[C@@]2(O)C(=O)C3=C(O)c4c(cc5ccc(C)cc5c4O)C[C@H]3C[C@H]2[C@H](N(C)C)C1=O. The molecule has 0 unspecified atom stereocenters. The number of hydrogen-bond acceptors (Lipinski definition) is 8.